The fourth-order valence-electron chi connectivity index (χ4n) is 3.17. The minimum absolute atomic E-state index is 0.00728. The van der Waals surface area contributed by atoms with Gasteiger partial charge in [0.1, 0.15) is 5.41 Å². The number of nitrogens with zero attached hydrogens (tertiary/aromatic N) is 2. The number of aryl methyl sites for hydroxylation is 2. The summed E-state index contributed by atoms with van der Waals surface area (Å²) in [5, 5.41) is 2.97. The van der Waals surface area contributed by atoms with Crippen LogP contribution in [0, 0.1) is 19.3 Å². The van der Waals surface area contributed by atoms with Gasteiger partial charge in [-0.1, -0.05) is 17.7 Å². The molecule has 0 unspecified atom stereocenters. The smallest absolute Gasteiger partial charge is 0.240 e. The summed E-state index contributed by atoms with van der Waals surface area (Å²) in [5.74, 6) is -0.138. The number of nitrogens with one attached hydrogen (secondary N) is 1. The molecule has 0 aromatic heterocycles. The minimum atomic E-state index is -0.826. The van der Waals surface area contributed by atoms with Crippen molar-refractivity contribution in [1.29, 1.82) is 0 Å². The summed E-state index contributed by atoms with van der Waals surface area (Å²) in [4.78, 5) is 29.6. The lowest BCUT2D eigenvalue weighted by Gasteiger charge is -2.34. The van der Waals surface area contributed by atoms with Gasteiger partial charge in [-0.2, -0.15) is 0 Å². The van der Waals surface area contributed by atoms with E-state index in [4.69, 9.17) is 0 Å². The minimum Gasteiger partial charge on any atom is -0.339 e. The van der Waals surface area contributed by atoms with E-state index in [0.29, 0.717) is 25.9 Å². The summed E-state index contributed by atoms with van der Waals surface area (Å²) in [6, 6.07) is 5.93. The third-order valence-corrected chi connectivity index (χ3v) is 5.01. The van der Waals surface area contributed by atoms with Gasteiger partial charge in [-0.15, -0.1) is 0 Å². The van der Waals surface area contributed by atoms with Crippen LogP contribution in [0.1, 0.15) is 24.0 Å². The van der Waals surface area contributed by atoms with Crippen molar-refractivity contribution in [3.8, 4) is 0 Å². The number of benzene rings is 1. The third-order valence-electron chi connectivity index (χ3n) is 5.01. The van der Waals surface area contributed by atoms with Crippen LogP contribution in [0.4, 0.5) is 5.69 Å². The Balaban J connectivity index is 1.70. The molecule has 5 nitrogen and oxygen atoms in total. The maximum Gasteiger partial charge on any atom is 0.240 e. The van der Waals surface area contributed by atoms with E-state index in [1.165, 1.54) is 0 Å². The molecule has 1 aliphatic carbocycles. The van der Waals surface area contributed by atoms with Gasteiger partial charge in [-0.05, 0) is 45.4 Å². The second-order valence-corrected chi connectivity index (χ2v) is 6.95. The number of amides is 2. The molecule has 1 aromatic rings. The standard InChI is InChI=1S/C18H25N3O2/c1-13-4-5-15(14(2)12-13)19-16(22)18(6-7-18)17(23)21-10-8-20(3)9-11-21/h4-5,12H,6-11H2,1-3H3,(H,19,22). The van der Waals surface area contributed by atoms with Crippen LogP contribution >= 0.6 is 0 Å². The summed E-state index contributed by atoms with van der Waals surface area (Å²) in [6.45, 7) is 7.19. The van der Waals surface area contributed by atoms with E-state index in [1.807, 2.05) is 36.9 Å². The molecular formula is C18H25N3O2. The van der Waals surface area contributed by atoms with Crippen molar-refractivity contribution in [2.24, 2.45) is 5.41 Å². The molecular weight excluding hydrogens is 290 g/mol. The van der Waals surface area contributed by atoms with Gasteiger partial charge < -0.3 is 15.1 Å². The van der Waals surface area contributed by atoms with Gasteiger partial charge in [-0.3, -0.25) is 9.59 Å². The van der Waals surface area contributed by atoms with Crippen LogP contribution in [-0.2, 0) is 9.59 Å². The normalized spacial score (nSPS) is 20.2. The molecule has 1 saturated heterocycles. The van der Waals surface area contributed by atoms with Gasteiger partial charge in [0.15, 0.2) is 0 Å². The van der Waals surface area contributed by atoms with Crippen LogP contribution in [0.5, 0.6) is 0 Å². The summed E-state index contributed by atoms with van der Waals surface area (Å²) >= 11 is 0. The summed E-state index contributed by atoms with van der Waals surface area (Å²) in [7, 11) is 2.06. The van der Waals surface area contributed by atoms with E-state index in [9.17, 15) is 9.59 Å². The van der Waals surface area contributed by atoms with Crippen LogP contribution in [0.3, 0.4) is 0 Å². The second-order valence-electron chi connectivity index (χ2n) is 6.95. The topological polar surface area (TPSA) is 52.7 Å². The molecule has 0 atom stereocenters. The number of hydrogen-bond acceptors (Lipinski definition) is 3. The van der Waals surface area contributed by atoms with E-state index in [-0.39, 0.29) is 11.8 Å². The van der Waals surface area contributed by atoms with Crippen molar-refractivity contribution in [2.75, 3.05) is 38.5 Å². The fraction of sp³-hybridized carbons (Fsp3) is 0.556. The number of hydrogen-bond donors (Lipinski definition) is 1. The molecule has 1 aromatic carbocycles. The molecule has 0 spiro atoms. The third kappa shape index (κ3) is 3.11. The Hall–Kier alpha value is -1.88. The van der Waals surface area contributed by atoms with Gasteiger partial charge in [0.05, 0.1) is 0 Å². The number of piperazine rings is 1. The van der Waals surface area contributed by atoms with Gasteiger partial charge in [0.25, 0.3) is 0 Å². The number of carbonyl (C=O) groups excluding carboxylic acids is 2. The van der Waals surface area contributed by atoms with Gasteiger partial charge in [0, 0.05) is 31.9 Å². The first-order valence-corrected chi connectivity index (χ1v) is 8.29. The molecule has 0 radical (unpaired) electrons. The van der Waals surface area contributed by atoms with Crippen LogP contribution in [0.2, 0.25) is 0 Å². The first-order chi connectivity index (χ1) is 10.9. The Bertz CT molecular complexity index is 629. The van der Waals surface area contributed by atoms with Crippen LogP contribution in [-0.4, -0.2) is 54.8 Å². The molecule has 1 saturated carbocycles. The van der Waals surface area contributed by atoms with Crippen LogP contribution < -0.4 is 5.32 Å². The Kier molecular flexibility index (Phi) is 4.15. The van der Waals surface area contributed by atoms with E-state index in [2.05, 4.69) is 17.3 Å². The fourth-order valence-corrected chi connectivity index (χ4v) is 3.17. The molecule has 3 rings (SSSR count). The number of likely N-dealkylation sites (N-methyl/N-ethyl adjacent to an activating group) is 1. The molecule has 1 aliphatic heterocycles. The van der Waals surface area contributed by atoms with Crippen molar-refractivity contribution in [2.45, 2.75) is 26.7 Å². The maximum atomic E-state index is 12.8. The zero-order valence-electron chi connectivity index (χ0n) is 14.2. The first-order valence-electron chi connectivity index (χ1n) is 8.29. The second kappa shape index (κ2) is 5.96. The predicted molar refractivity (Wildman–Crippen MR) is 90.3 cm³/mol. The van der Waals surface area contributed by atoms with Crippen LogP contribution in [0.25, 0.3) is 0 Å². The van der Waals surface area contributed by atoms with E-state index >= 15 is 0 Å². The molecule has 2 aliphatic rings. The lowest BCUT2D eigenvalue weighted by molar-refractivity contribution is -0.143. The molecule has 23 heavy (non-hydrogen) atoms. The average Bonchev–Trinajstić information content (AvgIpc) is 3.32. The van der Waals surface area contributed by atoms with Gasteiger partial charge in [-0.25, -0.2) is 0 Å². The van der Waals surface area contributed by atoms with Crippen molar-refractivity contribution < 1.29 is 9.59 Å². The predicted octanol–water partition coefficient (Wildman–Crippen LogP) is 1.80. The number of carbonyl (C=O) groups is 2. The molecule has 1 N–H and O–H groups in total. The number of rotatable bonds is 3. The summed E-state index contributed by atoms with van der Waals surface area (Å²) in [6.07, 6.45) is 1.32. The quantitative estimate of drug-likeness (QED) is 0.865. The molecule has 2 amide bonds. The van der Waals surface area contributed by atoms with Gasteiger partial charge in [0.2, 0.25) is 11.8 Å². The Morgan fingerprint density at radius 1 is 1.09 bits per heavy atom. The van der Waals surface area contributed by atoms with Gasteiger partial charge >= 0.3 is 0 Å². The molecule has 1 heterocycles. The summed E-state index contributed by atoms with van der Waals surface area (Å²) in [5.41, 5.74) is 2.17. The van der Waals surface area contributed by atoms with Crippen molar-refractivity contribution >= 4 is 17.5 Å². The van der Waals surface area contributed by atoms with E-state index in [0.717, 1.165) is 29.9 Å². The Morgan fingerprint density at radius 3 is 2.30 bits per heavy atom. The lowest BCUT2D eigenvalue weighted by atomic mass is 10.0. The van der Waals surface area contributed by atoms with Crippen LogP contribution in [0.15, 0.2) is 18.2 Å². The Morgan fingerprint density at radius 2 is 1.74 bits per heavy atom. The van der Waals surface area contributed by atoms with E-state index in [1.54, 1.807) is 0 Å². The molecule has 2 fully saturated rings. The van der Waals surface area contributed by atoms with Crippen molar-refractivity contribution in [1.82, 2.24) is 9.80 Å². The summed E-state index contributed by atoms with van der Waals surface area (Å²) < 4.78 is 0. The highest BCUT2D eigenvalue weighted by Gasteiger charge is 2.58. The van der Waals surface area contributed by atoms with Crippen molar-refractivity contribution in [3.05, 3.63) is 29.3 Å². The molecule has 0 bridgehead atoms. The Labute approximate surface area is 137 Å². The SMILES string of the molecule is Cc1ccc(NC(=O)C2(C(=O)N3CCN(C)CC3)CC2)c(C)c1. The first kappa shape index (κ1) is 16.0. The molecule has 124 valence electrons. The average molecular weight is 315 g/mol. The lowest BCUT2D eigenvalue weighted by Crippen LogP contribution is -2.51. The maximum absolute atomic E-state index is 12.8. The molecule has 5 heteroatoms. The van der Waals surface area contributed by atoms with E-state index < -0.39 is 5.41 Å². The van der Waals surface area contributed by atoms with Crippen molar-refractivity contribution in [3.63, 3.8) is 0 Å². The zero-order valence-corrected chi connectivity index (χ0v) is 14.2. The monoisotopic (exact) mass is 315 g/mol. The largest absolute Gasteiger partial charge is 0.339 e. The highest BCUT2D eigenvalue weighted by molar-refractivity contribution is 6.13. The highest BCUT2D eigenvalue weighted by atomic mass is 16.2. The number of anilines is 1. The zero-order chi connectivity index (χ0) is 16.6. The highest BCUT2D eigenvalue weighted by Crippen LogP contribution is 2.48.